The van der Waals surface area contributed by atoms with Crippen LogP contribution in [0.2, 0.25) is 5.02 Å². The molecular formula is C14H14ClN3O2. The van der Waals surface area contributed by atoms with Gasteiger partial charge in [-0.1, -0.05) is 16.8 Å². The smallest absolute Gasteiger partial charge is 0.219 e. The third-order valence-electron chi connectivity index (χ3n) is 2.77. The number of nitrogens with two attached hydrogens (primary N) is 1. The summed E-state index contributed by atoms with van der Waals surface area (Å²) in [7, 11) is 0. The molecule has 0 radical (unpaired) electrons. The number of oxime groups is 1. The number of amidine groups is 1. The Kier molecular flexibility index (Phi) is 4.10. The van der Waals surface area contributed by atoms with Crippen LogP contribution in [0.5, 0.6) is 11.6 Å². The molecule has 0 aliphatic rings. The summed E-state index contributed by atoms with van der Waals surface area (Å²) in [4.78, 5) is 4.10. The minimum absolute atomic E-state index is 0.00207. The number of aryl methyl sites for hydroxylation is 2. The molecule has 0 bridgehead atoms. The number of hydrogen-bond donors (Lipinski definition) is 2. The molecule has 0 unspecified atom stereocenters. The van der Waals surface area contributed by atoms with Crippen LogP contribution >= 0.6 is 11.6 Å². The van der Waals surface area contributed by atoms with Gasteiger partial charge in [-0.05, 0) is 43.2 Å². The molecule has 1 aromatic carbocycles. The molecule has 0 aliphatic heterocycles. The Labute approximate surface area is 121 Å². The highest BCUT2D eigenvalue weighted by Gasteiger charge is 2.06. The van der Waals surface area contributed by atoms with E-state index in [1.807, 2.05) is 26.0 Å². The van der Waals surface area contributed by atoms with Gasteiger partial charge in [-0.25, -0.2) is 4.98 Å². The first-order valence-electron chi connectivity index (χ1n) is 5.90. The highest BCUT2D eigenvalue weighted by molar-refractivity contribution is 6.32. The van der Waals surface area contributed by atoms with E-state index < -0.39 is 0 Å². The van der Waals surface area contributed by atoms with Crippen LogP contribution in [0.25, 0.3) is 0 Å². The second-order valence-electron chi connectivity index (χ2n) is 4.34. The number of aromatic nitrogens is 1. The molecule has 2 aromatic rings. The van der Waals surface area contributed by atoms with Crippen molar-refractivity contribution in [3.63, 3.8) is 0 Å². The van der Waals surface area contributed by atoms with Gasteiger partial charge in [0.2, 0.25) is 5.88 Å². The van der Waals surface area contributed by atoms with E-state index in [1.165, 1.54) is 6.20 Å². The van der Waals surface area contributed by atoms with Crippen molar-refractivity contribution >= 4 is 17.4 Å². The summed E-state index contributed by atoms with van der Waals surface area (Å²) in [5.74, 6) is 1.08. The van der Waals surface area contributed by atoms with Crippen molar-refractivity contribution in [1.82, 2.24) is 4.98 Å². The second kappa shape index (κ2) is 5.79. The zero-order valence-corrected chi connectivity index (χ0v) is 11.8. The third kappa shape index (κ3) is 3.00. The normalized spacial score (nSPS) is 11.4. The van der Waals surface area contributed by atoms with Gasteiger partial charge in [-0.15, -0.1) is 0 Å². The zero-order valence-electron chi connectivity index (χ0n) is 11.1. The lowest BCUT2D eigenvalue weighted by molar-refractivity contribution is 0.318. The minimum atomic E-state index is 0.00207. The van der Waals surface area contributed by atoms with E-state index in [0.717, 1.165) is 16.1 Å². The van der Waals surface area contributed by atoms with E-state index in [0.29, 0.717) is 17.2 Å². The van der Waals surface area contributed by atoms with Gasteiger partial charge < -0.3 is 15.7 Å². The summed E-state index contributed by atoms with van der Waals surface area (Å²) in [6.45, 7) is 3.83. The van der Waals surface area contributed by atoms with Crippen molar-refractivity contribution in [3.05, 3.63) is 52.2 Å². The molecule has 1 heterocycles. The fourth-order valence-corrected chi connectivity index (χ4v) is 1.84. The van der Waals surface area contributed by atoms with E-state index in [9.17, 15) is 0 Å². The molecule has 3 N–H and O–H groups in total. The lowest BCUT2D eigenvalue weighted by atomic mass is 10.1. The van der Waals surface area contributed by atoms with Crippen LogP contribution in [0.4, 0.5) is 0 Å². The Morgan fingerprint density at radius 2 is 1.95 bits per heavy atom. The molecule has 0 fully saturated rings. The molecule has 104 valence electrons. The van der Waals surface area contributed by atoms with E-state index >= 15 is 0 Å². The Morgan fingerprint density at radius 1 is 1.30 bits per heavy atom. The number of hydrogen-bond acceptors (Lipinski definition) is 4. The molecule has 0 spiro atoms. The van der Waals surface area contributed by atoms with Crippen LogP contribution in [0.1, 0.15) is 16.7 Å². The van der Waals surface area contributed by atoms with Gasteiger partial charge in [0, 0.05) is 22.8 Å². The molecule has 0 aliphatic carbocycles. The molecule has 1 aromatic heterocycles. The van der Waals surface area contributed by atoms with Crippen LogP contribution in [0.15, 0.2) is 35.6 Å². The highest BCUT2D eigenvalue weighted by atomic mass is 35.5. The van der Waals surface area contributed by atoms with Gasteiger partial charge in [0.05, 0.1) is 0 Å². The minimum Gasteiger partial charge on any atom is -0.439 e. The highest BCUT2D eigenvalue weighted by Crippen LogP contribution is 2.28. The lowest BCUT2D eigenvalue weighted by Crippen LogP contribution is -2.13. The standard InChI is InChI=1S/C14H14ClN3O2/c1-8-5-11(6-9(2)13(8)15)20-12-4-3-10(7-17-12)14(16)18-19/h3-7,19H,1-2H3,(H2,16,18). The third-order valence-corrected chi connectivity index (χ3v) is 3.37. The van der Waals surface area contributed by atoms with Crippen molar-refractivity contribution in [2.45, 2.75) is 13.8 Å². The van der Waals surface area contributed by atoms with Gasteiger partial charge in [-0.2, -0.15) is 0 Å². The number of halogens is 1. The number of nitrogens with zero attached hydrogens (tertiary/aromatic N) is 2. The van der Waals surface area contributed by atoms with Crippen molar-refractivity contribution < 1.29 is 9.94 Å². The average molecular weight is 292 g/mol. The Hall–Kier alpha value is -2.27. The zero-order chi connectivity index (χ0) is 14.7. The molecule has 0 atom stereocenters. The maximum atomic E-state index is 8.57. The summed E-state index contributed by atoms with van der Waals surface area (Å²) in [5, 5.41) is 12.2. The first kappa shape index (κ1) is 14.1. The maximum Gasteiger partial charge on any atom is 0.219 e. The first-order valence-corrected chi connectivity index (χ1v) is 6.27. The summed E-state index contributed by atoms with van der Waals surface area (Å²) >= 11 is 6.10. The molecule has 0 saturated carbocycles. The monoisotopic (exact) mass is 291 g/mol. The van der Waals surface area contributed by atoms with E-state index in [-0.39, 0.29) is 5.84 Å². The van der Waals surface area contributed by atoms with Crippen LogP contribution in [-0.2, 0) is 0 Å². The second-order valence-corrected chi connectivity index (χ2v) is 4.72. The summed E-state index contributed by atoms with van der Waals surface area (Å²) in [5.41, 5.74) is 7.85. The quantitative estimate of drug-likeness (QED) is 0.394. The maximum absolute atomic E-state index is 8.57. The Morgan fingerprint density at radius 3 is 2.45 bits per heavy atom. The Balaban J connectivity index is 2.22. The van der Waals surface area contributed by atoms with Crippen molar-refractivity contribution in [3.8, 4) is 11.6 Å². The molecule has 0 amide bonds. The fraction of sp³-hybridized carbons (Fsp3) is 0.143. The Bertz CT molecular complexity index is 631. The van der Waals surface area contributed by atoms with Gasteiger partial charge in [0.25, 0.3) is 0 Å². The molecule has 5 nitrogen and oxygen atoms in total. The van der Waals surface area contributed by atoms with Crippen LogP contribution < -0.4 is 10.5 Å². The number of benzene rings is 1. The molecular weight excluding hydrogens is 278 g/mol. The topological polar surface area (TPSA) is 80.7 Å². The number of ether oxygens (including phenoxy) is 1. The van der Waals surface area contributed by atoms with Crippen LogP contribution in [0.3, 0.4) is 0 Å². The van der Waals surface area contributed by atoms with Gasteiger partial charge in [0.1, 0.15) is 5.75 Å². The average Bonchev–Trinajstić information content (AvgIpc) is 2.44. The number of rotatable bonds is 3. The number of pyridine rings is 1. The van der Waals surface area contributed by atoms with Gasteiger partial charge >= 0.3 is 0 Å². The van der Waals surface area contributed by atoms with Crippen LogP contribution in [0, 0.1) is 13.8 Å². The first-order chi connectivity index (χ1) is 9.51. The van der Waals surface area contributed by atoms with Crippen molar-refractivity contribution in [2.24, 2.45) is 10.9 Å². The van der Waals surface area contributed by atoms with Gasteiger partial charge in [0.15, 0.2) is 5.84 Å². The van der Waals surface area contributed by atoms with Crippen LogP contribution in [-0.4, -0.2) is 16.0 Å². The predicted molar refractivity (Wildman–Crippen MR) is 77.7 cm³/mol. The lowest BCUT2D eigenvalue weighted by Gasteiger charge is -2.09. The van der Waals surface area contributed by atoms with Gasteiger partial charge in [-0.3, -0.25) is 0 Å². The molecule has 2 rings (SSSR count). The van der Waals surface area contributed by atoms with Crippen molar-refractivity contribution in [1.29, 1.82) is 0 Å². The molecule has 20 heavy (non-hydrogen) atoms. The van der Waals surface area contributed by atoms with Crippen molar-refractivity contribution in [2.75, 3.05) is 0 Å². The SMILES string of the molecule is Cc1cc(Oc2ccc(/C(N)=N/O)cn2)cc(C)c1Cl. The predicted octanol–water partition coefficient (Wildman–Crippen LogP) is 3.24. The van der Waals surface area contributed by atoms with E-state index in [1.54, 1.807) is 12.1 Å². The van der Waals surface area contributed by atoms with E-state index in [2.05, 4.69) is 10.1 Å². The fourth-order valence-electron chi connectivity index (χ4n) is 1.74. The summed E-state index contributed by atoms with van der Waals surface area (Å²) < 4.78 is 5.65. The molecule has 0 saturated heterocycles. The largest absolute Gasteiger partial charge is 0.439 e. The van der Waals surface area contributed by atoms with E-state index in [4.69, 9.17) is 27.3 Å². The summed E-state index contributed by atoms with van der Waals surface area (Å²) in [6.07, 6.45) is 1.47. The molecule has 6 heteroatoms. The summed E-state index contributed by atoms with van der Waals surface area (Å²) in [6, 6.07) is 6.99.